The highest BCUT2D eigenvalue weighted by Gasteiger charge is 2.23. The van der Waals surface area contributed by atoms with E-state index in [-0.39, 0.29) is 0 Å². The zero-order valence-electron chi connectivity index (χ0n) is 16.2. The second kappa shape index (κ2) is 8.36. The number of fused-ring (bicyclic) bond motifs is 1. The van der Waals surface area contributed by atoms with Gasteiger partial charge in [-0.1, -0.05) is 11.8 Å². The van der Waals surface area contributed by atoms with Gasteiger partial charge in [0, 0.05) is 31.7 Å². The maximum absolute atomic E-state index is 8.85. The van der Waals surface area contributed by atoms with Gasteiger partial charge in [-0.05, 0) is 30.5 Å². The minimum absolute atomic E-state index is 0.638. The molecule has 0 radical (unpaired) electrons. The second-order valence-electron chi connectivity index (χ2n) is 6.37. The molecule has 1 aromatic carbocycles. The molecule has 0 aliphatic carbocycles. The van der Waals surface area contributed by atoms with Crippen LogP contribution in [0.5, 0.6) is 5.75 Å². The highest BCUT2D eigenvalue weighted by molar-refractivity contribution is 8.13. The van der Waals surface area contributed by atoms with Crippen LogP contribution in [-0.4, -0.2) is 69.5 Å². The highest BCUT2D eigenvalue weighted by Crippen LogP contribution is 2.28. The summed E-state index contributed by atoms with van der Waals surface area (Å²) in [7, 11) is 1.65. The van der Waals surface area contributed by atoms with Gasteiger partial charge >= 0.3 is 0 Å². The molecule has 1 saturated heterocycles. The van der Waals surface area contributed by atoms with E-state index in [4.69, 9.17) is 15.0 Å². The van der Waals surface area contributed by atoms with Gasteiger partial charge in [-0.25, -0.2) is 9.97 Å². The second-order valence-corrected chi connectivity index (χ2v) is 7.15. The largest absolute Gasteiger partial charge is 0.497 e. The third-order valence-electron chi connectivity index (χ3n) is 4.80. The Bertz CT molecular complexity index is 1060. The van der Waals surface area contributed by atoms with E-state index < -0.39 is 0 Å². The Morgan fingerprint density at radius 3 is 2.62 bits per heavy atom. The topological polar surface area (TPSA) is 106 Å². The van der Waals surface area contributed by atoms with Crippen LogP contribution in [0.4, 0.5) is 5.95 Å². The number of benzene rings is 1. The first kappa shape index (κ1) is 19.0. The Morgan fingerprint density at radius 1 is 1.21 bits per heavy atom. The average Bonchev–Trinajstić information content (AvgIpc) is 3.26. The molecule has 10 heteroatoms. The zero-order valence-corrected chi connectivity index (χ0v) is 17.0. The predicted molar refractivity (Wildman–Crippen MR) is 114 cm³/mol. The summed E-state index contributed by atoms with van der Waals surface area (Å²) in [6.45, 7) is 2.98. The number of rotatable bonds is 3. The first-order valence-corrected chi connectivity index (χ1v) is 10.3. The highest BCUT2D eigenvalue weighted by atomic mass is 32.2. The average molecular weight is 408 g/mol. The predicted octanol–water partition coefficient (Wildman–Crippen LogP) is 2.35. The molecule has 1 aliphatic heterocycles. The van der Waals surface area contributed by atoms with Crippen LogP contribution < -0.4 is 9.64 Å². The van der Waals surface area contributed by atoms with Crippen LogP contribution in [-0.2, 0) is 0 Å². The van der Waals surface area contributed by atoms with Crippen molar-refractivity contribution in [1.82, 2.24) is 24.8 Å². The molecule has 2 aromatic heterocycles. The number of imidazole rings is 1. The van der Waals surface area contributed by atoms with Crippen LogP contribution >= 0.6 is 11.8 Å². The number of amidine groups is 1. The van der Waals surface area contributed by atoms with Crippen LogP contribution in [0.15, 0.2) is 35.6 Å². The molecule has 9 nitrogen and oxygen atoms in total. The molecular weight excluding hydrogens is 388 g/mol. The Kier molecular flexibility index (Phi) is 5.48. The molecule has 1 aliphatic rings. The number of hydrogen-bond donors (Lipinski definition) is 1. The summed E-state index contributed by atoms with van der Waals surface area (Å²) >= 11 is 1.48. The SMILES string of the molecule is COc1ccc(-c2nc(N3CCN(C(=NC#N)SC)CC3)nc3nc[nH]c23)cc1. The van der Waals surface area contributed by atoms with Crippen LogP contribution in [0.3, 0.4) is 0 Å². The van der Waals surface area contributed by atoms with Crippen molar-refractivity contribution in [3.8, 4) is 23.2 Å². The fourth-order valence-corrected chi connectivity index (χ4v) is 3.88. The first-order chi connectivity index (χ1) is 14.2. The van der Waals surface area contributed by atoms with Gasteiger partial charge in [-0.3, -0.25) is 0 Å². The van der Waals surface area contributed by atoms with Crippen LogP contribution in [0.2, 0.25) is 0 Å². The number of thioether (sulfide) groups is 1. The lowest BCUT2D eigenvalue weighted by Crippen LogP contribution is -2.48. The summed E-state index contributed by atoms with van der Waals surface area (Å²) in [5, 5.41) is 9.60. The molecule has 1 N–H and O–H groups in total. The van der Waals surface area contributed by atoms with Crippen molar-refractivity contribution >= 4 is 34.0 Å². The molecule has 29 heavy (non-hydrogen) atoms. The molecule has 3 heterocycles. The number of hydrogen-bond acceptors (Lipinski definition) is 8. The van der Waals surface area contributed by atoms with Crippen molar-refractivity contribution in [3.05, 3.63) is 30.6 Å². The summed E-state index contributed by atoms with van der Waals surface area (Å²) in [4.78, 5) is 25.1. The number of aromatic amines is 1. The van der Waals surface area contributed by atoms with Gasteiger partial charge in [0.15, 0.2) is 10.8 Å². The van der Waals surface area contributed by atoms with Gasteiger partial charge in [0.1, 0.15) is 17.0 Å². The van der Waals surface area contributed by atoms with Crippen molar-refractivity contribution in [2.45, 2.75) is 0 Å². The van der Waals surface area contributed by atoms with E-state index in [1.165, 1.54) is 11.8 Å². The molecule has 0 unspecified atom stereocenters. The minimum atomic E-state index is 0.638. The smallest absolute Gasteiger partial charge is 0.228 e. The number of nitriles is 1. The zero-order chi connectivity index (χ0) is 20.2. The summed E-state index contributed by atoms with van der Waals surface area (Å²) in [6.07, 6.45) is 5.44. The van der Waals surface area contributed by atoms with E-state index in [2.05, 4.69) is 29.7 Å². The fourth-order valence-electron chi connectivity index (χ4n) is 3.31. The van der Waals surface area contributed by atoms with Gasteiger partial charge in [-0.2, -0.15) is 10.2 Å². The molecule has 0 spiro atoms. The van der Waals surface area contributed by atoms with E-state index >= 15 is 0 Å². The number of piperazine rings is 1. The van der Waals surface area contributed by atoms with E-state index in [0.717, 1.165) is 53.9 Å². The molecule has 4 rings (SSSR count). The summed E-state index contributed by atoms with van der Waals surface area (Å²) in [5.74, 6) is 1.45. The maximum Gasteiger partial charge on any atom is 0.228 e. The Balaban J connectivity index is 1.62. The van der Waals surface area contributed by atoms with Crippen LogP contribution in [0.25, 0.3) is 22.4 Å². The van der Waals surface area contributed by atoms with Crippen molar-refractivity contribution in [1.29, 1.82) is 5.26 Å². The monoisotopic (exact) mass is 408 g/mol. The van der Waals surface area contributed by atoms with Crippen molar-refractivity contribution in [3.63, 3.8) is 0 Å². The number of H-pyrrole nitrogens is 1. The van der Waals surface area contributed by atoms with Crippen molar-refractivity contribution < 1.29 is 4.74 Å². The Labute approximate surface area is 172 Å². The summed E-state index contributed by atoms with van der Waals surface area (Å²) in [5.41, 5.74) is 3.22. The third kappa shape index (κ3) is 3.82. The van der Waals surface area contributed by atoms with Gasteiger partial charge < -0.3 is 19.5 Å². The number of aliphatic imine (C=N–C) groups is 1. The molecule has 0 bridgehead atoms. The quantitative estimate of drug-likeness (QED) is 0.400. The van der Waals surface area contributed by atoms with Gasteiger partial charge in [0.2, 0.25) is 12.1 Å². The van der Waals surface area contributed by atoms with E-state index in [1.807, 2.05) is 36.7 Å². The standard InChI is InChI=1S/C19H20N8OS/c1-28-14-5-3-13(4-6-14)15-16-17(23-12-22-16)25-18(24-15)26-7-9-27(10-8-26)19(29-2)21-11-20/h3-6,12H,7-10H2,1-2H3,(H,22,23,24,25). The van der Waals surface area contributed by atoms with Crippen LogP contribution in [0.1, 0.15) is 0 Å². The van der Waals surface area contributed by atoms with Crippen molar-refractivity contribution in [2.75, 3.05) is 44.4 Å². The molecule has 1 fully saturated rings. The lowest BCUT2D eigenvalue weighted by molar-refractivity contribution is 0.390. The lowest BCUT2D eigenvalue weighted by atomic mass is 10.1. The molecule has 0 saturated carbocycles. The van der Waals surface area contributed by atoms with Gasteiger partial charge in [-0.15, -0.1) is 4.99 Å². The molecule has 0 amide bonds. The number of aromatic nitrogens is 4. The van der Waals surface area contributed by atoms with E-state index in [1.54, 1.807) is 13.4 Å². The normalized spacial score (nSPS) is 14.9. The van der Waals surface area contributed by atoms with Crippen molar-refractivity contribution in [2.24, 2.45) is 4.99 Å². The van der Waals surface area contributed by atoms with E-state index in [0.29, 0.717) is 11.6 Å². The third-order valence-corrected chi connectivity index (χ3v) is 5.51. The summed E-state index contributed by atoms with van der Waals surface area (Å²) in [6, 6.07) is 7.78. The number of nitrogens with one attached hydrogen (secondary N) is 1. The number of methoxy groups -OCH3 is 1. The molecule has 0 atom stereocenters. The fraction of sp³-hybridized carbons (Fsp3) is 0.316. The number of ether oxygens (including phenoxy) is 1. The minimum Gasteiger partial charge on any atom is -0.497 e. The maximum atomic E-state index is 8.85. The van der Waals surface area contributed by atoms with Gasteiger partial charge in [0.05, 0.1) is 13.4 Å². The lowest BCUT2D eigenvalue weighted by Gasteiger charge is -2.35. The van der Waals surface area contributed by atoms with Crippen LogP contribution in [0, 0.1) is 11.5 Å². The Morgan fingerprint density at radius 2 is 1.97 bits per heavy atom. The molecule has 148 valence electrons. The summed E-state index contributed by atoms with van der Waals surface area (Å²) < 4.78 is 5.26. The number of nitrogens with zero attached hydrogens (tertiary/aromatic N) is 7. The van der Waals surface area contributed by atoms with E-state index in [9.17, 15) is 0 Å². The molecular formula is C19H20N8OS. The molecule has 3 aromatic rings. The Hall–Kier alpha value is -3.32. The first-order valence-electron chi connectivity index (χ1n) is 9.09. The van der Waals surface area contributed by atoms with Gasteiger partial charge in [0.25, 0.3) is 0 Å². The number of anilines is 1.